The van der Waals surface area contributed by atoms with E-state index in [-0.39, 0.29) is 5.91 Å². The monoisotopic (exact) mass is 365 g/mol. The minimum atomic E-state index is -0.529. The minimum absolute atomic E-state index is 0.142. The van der Waals surface area contributed by atoms with Gasteiger partial charge in [0.1, 0.15) is 0 Å². The Labute approximate surface area is 120 Å². The van der Waals surface area contributed by atoms with Crippen molar-refractivity contribution < 1.29 is 7.90 Å². The molecule has 1 aromatic rings. The van der Waals surface area contributed by atoms with Gasteiger partial charge in [0.05, 0.1) is 0 Å². The summed E-state index contributed by atoms with van der Waals surface area (Å²) in [6, 6.07) is 7.85. The molecular formula is C14H21NO2Te. The summed E-state index contributed by atoms with van der Waals surface area (Å²) in [5, 5.41) is 0. The van der Waals surface area contributed by atoms with Crippen LogP contribution in [0.25, 0.3) is 0 Å². The molecule has 1 aromatic carbocycles. The molecule has 100 valence electrons. The van der Waals surface area contributed by atoms with Crippen molar-refractivity contribution in [3.05, 3.63) is 29.8 Å². The number of carbonyl (C=O) groups is 1. The van der Waals surface area contributed by atoms with E-state index in [1.807, 2.05) is 29.2 Å². The molecule has 0 saturated carbocycles. The molecule has 0 aliphatic heterocycles. The van der Waals surface area contributed by atoms with Gasteiger partial charge < -0.3 is 0 Å². The first kappa shape index (κ1) is 15.5. The molecule has 3 nitrogen and oxygen atoms in total. The molecule has 18 heavy (non-hydrogen) atoms. The Balaban J connectivity index is 2.74. The molecule has 0 saturated heterocycles. The third-order valence-electron chi connectivity index (χ3n) is 2.56. The SMILES string of the molecule is CCCN(CCC)C(=O)c1ccc([Te]OC)cc1. The third-order valence-corrected chi connectivity index (χ3v) is 4.36. The van der Waals surface area contributed by atoms with E-state index in [0.717, 1.165) is 31.5 Å². The van der Waals surface area contributed by atoms with E-state index in [4.69, 9.17) is 3.10 Å². The average Bonchev–Trinajstić information content (AvgIpc) is 2.39. The number of rotatable bonds is 7. The zero-order chi connectivity index (χ0) is 13.4. The standard InChI is InChI=1S/C14H21NO2Te/c1-4-10-15(11-5-2)14(16)12-6-8-13(9-7-12)18-17-3/h6-9H,4-5,10-11H2,1-3H3. The summed E-state index contributed by atoms with van der Waals surface area (Å²) in [4.78, 5) is 14.2. The van der Waals surface area contributed by atoms with Gasteiger partial charge in [-0.3, -0.25) is 0 Å². The topological polar surface area (TPSA) is 29.5 Å². The Bertz CT molecular complexity index is 359. The maximum absolute atomic E-state index is 12.3. The van der Waals surface area contributed by atoms with Crippen molar-refractivity contribution >= 4 is 30.9 Å². The second-order valence-electron chi connectivity index (χ2n) is 4.07. The van der Waals surface area contributed by atoms with Gasteiger partial charge in [0.25, 0.3) is 0 Å². The Morgan fingerprint density at radius 1 is 1.17 bits per heavy atom. The Morgan fingerprint density at radius 3 is 2.17 bits per heavy atom. The van der Waals surface area contributed by atoms with E-state index < -0.39 is 21.3 Å². The Morgan fingerprint density at radius 2 is 1.72 bits per heavy atom. The molecule has 0 aromatic heterocycles. The predicted molar refractivity (Wildman–Crippen MR) is 75.3 cm³/mol. The average molecular weight is 363 g/mol. The summed E-state index contributed by atoms with van der Waals surface area (Å²) < 4.78 is 6.41. The van der Waals surface area contributed by atoms with Crippen LogP contribution in [0.1, 0.15) is 37.0 Å². The van der Waals surface area contributed by atoms with Gasteiger partial charge in [-0.05, 0) is 0 Å². The van der Waals surface area contributed by atoms with Crippen molar-refractivity contribution in [3.63, 3.8) is 0 Å². The van der Waals surface area contributed by atoms with Gasteiger partial charge in [0.15, 0.2) is 0 Å². The van der Waals surface area contributed by atoms with Crippen LogP contribution >= 0.6 is 0 Å². The van der Waals surface area contributed by atoms with E-state index in [9.17, 15) is 4.79 Å². The Kier molecular flexibility index (Phi) is 7.34. The van der Waals surface area contributed by atoms with E-state index in [0.29, 0.717) is 0 Å². The molecule has 0 unspecified atom stereocenters. The van der Waals surface area contributed by atoms with Gasteiger partial charge in [0.2, 0.25) is 0 Å². The van der Waals surface area contributed by atoms with E-state index in [1.54, 1.807) is 7.11 Å². The molecule has 0 aliphatic rings. The Hall–Kier alpha value is -0.560. The molecule has 4 heteroatoms. The number of carbonyl (C=O) groups excluding carboxylic acids is 1. The molecular weight excluding hydrogens is 342 g/mol. The summed E-state index contributed by atoms with van der Waals surface area (Å²) in [5.41, 5.74) is 0.782. The number of nitrogens with zero attached hydrogens (tertiary/aromatic N) is 1. The number of hydrogen-bond donors (Lipinski definition) is 0. The van der Waals surface area contributed by atoms with Crippen molar-refractivity contribution in [2.45, 2.75) is 26.7 Å². The van der Waals surface area contributed by atoms with Crippen molar-refractivity contribution in [3.8, 4) is 0 Å². The molecule has 0 radical (unpaired) electrons. The second kappa shape index (κ2) is 8.53. The van der Waals surface area contributed by atoms with Crippen molar-refractivity contribution in [1.82, 2.24) is 4.90 Å². The first-order chi connectivity index (χ1) is 8.72. The fourth-order valence-corrected chi connectivity index (χ4v) is 3.04. The zero-order valence-electron chi connectivity index (χ0n) is 11.3. The fraction of sp³-hybridized carbons (Fsp3) is 0.500. The van der Waals surface area contributed by atoms with Crippen LogP contribution in [0.4, 0.5) is 0 Å². The van der Waals surface area contributed by atoms with Crippen molar-refractivity contribution in [2.24, 2.45) is 0 Å². The first-order valence-electron chi connectivity index (χ1n) is 6.32. The number of amides is 1. The van der Waals surface area contributed by atoms with Crippen LogP contribution in [0.15, 0.2) is 24.3 Å². The van der Waals surface area contributed by atoms with Crippen molar-refractivity contribution in [1.29, 1.82) is 0 Å². The molecule has 0 heterocycles. The van der Waals surface area contributed by atoms with Crippen LogP contribution in [0.2, 0.25) is 0 Å². The number of benzene rings is 1. The van der Waals surface area contributed by atoms with E-state index >= 15 is 0 Å². The predicted octanol–water partition coefficient (Wildman–Crippen LogP) is 1.84. The molecule has 1 rings (SSSR count). The van der Waals surface area contributed by atoms with Crippen LogP contribution in [-0.4, -0.2) is 52.3 Å². The maximum atomic E-state index is 12.3. The summed E-state index contributed by atoms with van der Waals surface area (Å²) in [5.74, 6) is 0.142. The van der Waals surface area contributed by atoms with E-state index in [2.05, 4.69) is 13.8 Å². The van der Waals surface area contributed by atoms with Gasteiger partial charge in [-0.25, -0.2) is 0 Å². The first-order valence-corrected chi connectivity index (χ1v) is 8.44. The van der Waals surface area contributed by atoms with Gasteiger partial charge in [-0.2, -0.15) is 0 Å². The zero-order valence-corrected chi connectivity index (χ0v) is 13.6. The van der Waals surface area contributed by atoms with E-state index in [1.165, 1.54) is 3.61 Å². The van der Waals surface area contributed by atoms with Gasteiger partial charge in [-0.1, -0.05) is 0 Å². The summed E-state index contributed by atoms with van der Waals surface area (Å²) in [6.07, 6.45) is 2.00. The van der Waals surface area contributed by atoms with Crippen LogP contribution in [0.3, 0.4) is 0 Å². The molecule has 0 fully saturated rings. The molecule has 1 amide bonds. The molecule has 0 atom stereocenters. The quantitative estimate of drug-likeness (QED) is 0.693. The van der Waals surface area contributed by atoms with Crippen molar-refractivity contribution in [2.75, 3.05) is 20.2 Å². The van der Waals surface area contributed by atoms with Crippen LogP contribution < -0.4 is 3.61 Å². The molecule has 0 aliphatic carbocycles. The van der Waals surface area contributed by atoms with Crippen LogP contribution in [0, 0.1) is 0 Å². The molecule has 0 N–H and O–H groups in total. The summed E-state index contributed by atoms with van der Waals surface area (Å²) in [6.45, 7) is 5.87. The van der Waals surface area contributed by atoms with Crippen LogP contribution in [-0.2, 0) is 3.10 Å². The summed E-state index contributed by atoms with van der Waals surface area (Å²) >= 11 is -0.529. The van der Waals surface area contributed by atoms with Gasteiger partial charge in [-0.15, -0.1) is 0 Å². The number of hydrogen-bond acceptors (Lipinski definition) is 2. The summed E-state index contributed by atoms with van der Waals surface area (Å²) in [7, 11) is 1.73. The molecule has 0 spiro atoms. The third kappa shape index (κ3) is 4.61. The molecule has 0 bridgehead atoms. The normalized spacial score (nSPS) is 10.4. The van der Waals surface area contributed by atoms with Gasteiger partial charge >= 0.3 is 120 Å². The second-order valence-corrected chi connectivity index (χ2v) is 6.84. The van der Waals surface area contributed by atoms with Crippen LogP contribution in [0.5, 0.6) is 0 Å². The van der Waals surface area contributed by atoms with Gasteiger partial charge in [0, 0.05) is 0 Å². The fourth-order valence-electron chi connectivity index (χ4n) is 1.79.